The number of aliphatic hydroxyl groups excluding tert-OH is 1. The zero-order chi connectivity index (χ0) is 20.6. The van der Waals surface area contributed by atoms with Crippen LogP contribution in [0.3, 0.4) is 0 Å². The molecule has 0 spiro atoms. The van der Waals surface area contributed by atoms with Gasteiger partial charge in [-0.1, -0.05) is 13.8 Å². The van der Waals surface area contributed by atoms with Crippen LogP contribution in [0, 0.1) is 11.7 Å². The molecule has 0 aliphatic carbocycles. The summed E-state index contributed by atoms with van der Waals surface area (Å²) in [5.41, 5.74) is 0.751. The van der Waals surface area contributed by atoms with Crippen molar-refractivity contribution in [3.05, 3.63) is 39.4 Å². The summed E-state index contributed by atoms with van der Waals surface area (Å²) in [6.45, 7) is 7.33. The molecule has 1 aromatic carbocycles. The van der Waals surface area contributed by atoms with Gasteiger partial charge in [-0.2, -0.15) is 0 Å². The van der Waals surface area contributed by atoms with Crippen LogP contribution in [-0.2, 0) is 13.0 Å². The van der Waals surface area contributed by atoms with Crippen molar-refractivity contribution in [1.29, 1.82) is 0 Å². The van der Waals surface area contributed by atoms with E-state index < -0.39 is 17.2 Å². The fourth-order valence-electron chi connectivity index (χ4n) is 4.31. The van der Waals surface area contributed by atoms with Crippen molar-refractivity contribution in [1.82, 2.24) is 4.57 Å². The van der Waals surface area contributed by atoms with Crippen molar-refractivity contribution >= 4 is 22.6 Å². The van der Waals surface area contributed by atoms with Gasteiger partial charge in [-0.3, -0.25) is 4.79 Å². The van der Waals surface area contributed by atoms with E-state index in [2.05, 4.69) is 0 Å². The number of rotatable bonds is 5. The molecule has 2 unspecified atom stereocenters. The van der Waals surface area contributed by atoms with E-state index >= 15 is 4.39 Å². The average Bonchev–Trinajstić information content (AvgIpc) is 2.68. The number of aliphatic hydroxyl groups is 1. The third-order valence-electron chi connectivity index (χ3n) is 5.84. The van der Waals surface area contributed by atoms with E-state index in [0.717, 1.165) is 6.42 Å². The zero-order valence-corrected chi connectivity index (χ0v) is 16.5. The molecular formula is C21H27FN2O4. The highest BCUT2D eigenvalue weighted by atomic mass is 19.1. The molecule has 1 aliphatic heterocycles. The van der Waals surface area contributed by atoms with Crippen LogP contribution in [0.25, 0.3) is 10.9 Å². The number of halogens is 1. The highest BCUT2D eigenvalue weighted by Crippen LogP contribution is 2.35. The number of aryl methyl sites for hydroxylation is 2. The second-order valence-electron chi connectivity index (χ2n) is 7.37. The van der Waals surface area contributed by atoms with Crippen LogP contribution < -0.4 is 10.3 Å². The molecule has 0 saturated carbocycles. The van der Waals surface area contributed by atoms with Crippen molar-refractivity contribution in [2.24, 2.45) is 5.92 Å². The maximum absolute atomic E-state index is 15.2. The Morgan fingerprint density at radius 3 is 2.61 bits per heavy atom. The van der Waals surface area contributed by atoms with Crippen LogP contribution in [0.4, 0.5) is 10.1 Å². The Morgan fingerprint density at radius 1 is 1.32 bits per heavy atom. The van der Waals surface area contributed by atoms with Gasteiger partial charge in [0, 0.05) is 42.7 Å². The summed E-state index contributed by atoms with van der Waals surface area (Å²) in [6.07, 6.45) is 2.84. The third-order valence-corrected chi connectivity index (χ3v) is 5.84. The molecule has 0 radical (unpaired) electrons. The Hall–Kier alpha value is -2.41. The molecule has 2 N–H and O–H groups in total. The first-order chi connectivity index (χ1) is 13.3. The number of nitrogens with zero attached hydrogens (tertiary/aromatic N) is 2. The summed E-state index contributed by atoms with van der Waals surface area (Å²) in [7, 11) is 0. The van der Waals surface area contributed by atoms with E-state index in [9.17, 15) is 19.8 Å². The van der Waals surface area contributed by atoms with E-state index in [-0.39, 0.29) is 23.0 Å². The summed E-state index contributed by atoms with van der Waals surface area (Å²) in [4.78, 5) is 26.1. The van der Waals surface area contributed by atoms with Gasteiger partial charge in [-0.15, -0.1) is 0 Å². The molecule has 2 heterocycles. The fraction of sp³-hybridized carbons (Fsp3) is 0.524. The Labute approximate surface area is 163 Å². The van der Waals surface area contributed by atoms with E-state index in [1.165, 1.54) is 12.3 Å². The van der Waals surface area contributed by atoms with Gasteiger partial charge < -0.3 is 19.7 Å². The molecule has 1 fully saturated rings. The van der Waals surface area contributed by atoms with Crippen LogP contribution in [0.5, 0.6) is 0 Å². The lowest BCUT2D eigenvalue weighted by Gasteiger charge is -2.38. The first-order valence-electron chi connectivity index (χ1n) is 9.88. The van der Waals surface area contributed by atoms with E-state index in [1.807, 2.05) is 25.7 Å². The topological polar surface area (TPSA) is 82.8 Å². The molecule has 0 bridgehead atoms. The van der Waals surface area contributed by atoms with Gasteiger partial charge in [0.1, 0.15) is 11.4 Å². The molecule has 152 valence electrons. The molecule has 28 heavy (non-hydrogen) atoms. The third kappa shape index (κ3) is 3.28. The number of hydrogen-bond donors (Lipinski definition) is 2. The fourth-order valence-corrected chi connectivity index (χ4v) is 4.31. The Balaban J connectivity index is 2.28. The van der Waals surface area contributed by atoms with Crippen LogP contribution in [0.1, 0.15) is 49.5 Å². The predicted octanol–water partition coefficient (Wildman–Crippen LogP) is 3.02. The number of anilines is 1. The van der Waals surface area contributed by atoms with Crippen molar-refractivity contribution < 1.29 is 19.4 Å². The van der Waals surface area contributed by atoms with Gasteiger partial charge in [0.15, 0.2) is 0 Å². The summed E-state index contributed by atoms with van der Waals surface area (Å²) in [5, 5.41) is 19.6. The molecule has 3 rings (SSSR count). The Kier molecular flexibility index (Phi) is 5.74. The second-order valence-corrected chi connectivity index (χ2v) is 7.37. The lowest BCUT2D eigenvalue weighted by atomic mass is 9.91. The number of piperidine rings is 1. The van der Waals surface area contributed by atoms with Crippen molar-refractivity contribution in [2.45, 2.75) is 52.7 Å². The number of carbonyl (C=O) groups is 1. The van der Waals surface area contributed by atoms with E-state index in [0.29, 0.717) is 49.2 Å². The van der Waals surface area contributed by atoms with E-state index in [1.54, 1.807) is 4.57 Å². The summed E-state index contributed by atoms with van der Waals surface area (Å²) < 4.78 is 16.9. The van der Waals surface area contributed by atoms with Crippen LogP contribution >= 0.6 is 0 Å². The van der Waals surface area contributed by atoms with Gasteiger partial charge in [-0.05, 0) is 32.3 Å². The largest absolute Gasteiger partial charge is 0.477 e. The highest BCUT2D eigenvalue weighted by molar-refractivity contribution is 5.95. The molecule has 7 heteroatoms. The zero-order valence-electron chi connectivity index (χ0n) is 16.5. The molecule has 2 atom stereocenters. The lowest BCUT2D eigenvalue weighted by molar-refractivity contribution is 0.0694. The molecule has 1 aromatic heterocycles. The minimum absolute atomic E-state index is 0.0660. The predicted molar refractivity (Wildman–Crippen MR) is 107 cm³/mol. The Bertz CT molecular complexity index is 969. The molecule has 1 aliphatic rings. The SMILES string of the molecule is CCc1c(N2CCC(O)C(CC)C2)c(F)cc2c(=O)c(C(=O)O)cn(CC)c12. The summed E-state index contributed by atoms with van der Waals surface area (Å²) in [5.74, 6) is -1.76. The number of benzene rings is 1. The van der Waals surface area contributed by atoms with Gasteiger partial charge >= 0.3 is 5.97 Å². The number of pyridine rings is 1. The quantitative estimate of drug-likeness (QED) is 0.820. The number of carboxylic acids is 1. The summed E-state index contributed by atoms with van der Waals surface area (Å²) in [6, 6.07) is 1.18. The van der Waals surface area contributed by atoms with Crippen molar-refractivity contribution in [3.8, 4) is 0 Å². The summed E-state index contributed by atoms with van der Waals surface area (Å²) >= 11 is 0. The normalized spacial score (nSPS) is 20.0. The standard InChI is InChI=1S/C21H27FN2O4/c1-4-12-10-24(8-7-17(12)25)19-13(5-2)18-14(9-16(19)22)20(26)15(21(27)28)11-23(18)6-3/h9,11-12,17,25H,4-8,10H2,1-3H3,(H,27,28). The number of aromatic carboxylic acids is 1. The van der Waals surface area contributed by atoms with Gasteiger partial charge in [0.2, 0.25) is 5.43 Å². The maximum Gasteiger partial charge on any atom is 0.341 e. The number of aromatic nitrogens is 1. The first-order valence-corrected chi connectivity index (χ1v) is 9.88. The maximum atomic E-state index is 15.2. The van der Waals surface area contributed by atoms with E-state index in [4.69, 9.17) is 0 Å². The highest BCUT2D eigenvalue weighted by Gasteiger charge is 2.30. The van der Waals surface area contributed by atoms with Gasteiger partial charge in [-0.25, -0.2) is 9.18 Å². The minimum atomic E-state index is -1.31. The second kappa shape index (κ2) is 7.91. The van der Waals surface area contributed by atoms with Gasteiger partial charge in [0.05, 0.1) is 17.3 Å². The Morgan fingerprint density at radius 2 is 2.04 bits per heavy atom. The molecule has 6 nitrogen and oxygen atoms in total. The first kappa shape index (κ1) is 20.3. The smallest absolute Gasteiger partial charge is 0.341 e. The van der Waals surface area contributed by atoms with Crippen molar-refractivity contribution in [2.75, 3.05) is 18.0 Å². The molecule has 1 saturated heterocycles. The van der Waals surface area contributed by atoms with Crippen LogP contribution in [-0.4, -0.2) is 39.9 Å². The molecular weight excluding hydrogens is 363 g/mol. The number of hydrogen-bond acceptors (Lipinski definition) is 4. The number of carboxylic acid groups (broad SMARTS) is 1. The molecule has 2 aromatic rings. The lowest BCUT2D eigenvalue weighted by Crippen LogP contribution is -2.43. The number of fused-ring (bicyclic) bond motifs is 1. The monoisotopic (exact) mass is 390 g/mol. The van der Waals surface area contributed by atoms with Crippen LogP contribution in [0.15, 0.2) is 17.1 Å². The van der Waals surface area contributed by atoms with Crippen molar-refractivity contribution in [3.63, 3.8) is 0 Å². The average molecular weight is 390 g/mol. The van der Waals surface area contributed by atoms with Gasteiger partial charge in [0.25, 0.3) is 0 Å². The minimum Gasteiger partial charge on any atom is -0.477 e. The van der Waals surface area contributed by atoms with Crippen LogP contribution in [0.2, 0.25) is 0 Å². The molecule has 0 amide bonds.